The minimum absolute atomic E-state index is 0.771. The summed E-state index contributed by atoms with van der Waals surface area (Å²) in [7, 11) is 0. The zero-order valence-electron chi connectivity index (χ0n) is 9.02. The molecule has 3 heteroatoms. The van der Waals surface area contributed by atoms with Crippen LogP contribution in [0, 0.1) is 5.92 Å². The van der Waals surface area contributed by atoms with Gasteiger partial charge in [0, 0.05) is 18.8 Å². The van der Waals surface area contributed by atoms with Gasteiger partial charge in [0.15, 0.2) is 0 Å². The molecule has 0 aliphatic carbocycles. The maximum Gasteiger partial charge on any atom is 0.0314 e. The molecule has 2 rings (SSSR count). The van der Waals surface area contributed by atoms with Gasteiger partial charge in [-0.05, 0) is 42.9 Å². The predicted octanol–water partition coefficient (Wildman–Crippen LogP) is 1.40. The van der Waals surface area contributed by atoms with Gasteiger partial charge >= 0.3 is 0 Å². The van der Waals surface area contributed by atoms with Crippen LogP contribution in [0.15, 0.2) is 24.3 Å². The fourth-order valence-electron chi connectivity index (χ4n) is 2.15. The second-order valence-electron chi connectivity index (χ2n) is 4.43. The van der Waals surface area contributed by atoms with E-state index in [0.29, 0.717) is 0 Å². The number of rotatable bonds is 3. The van der Waals surface area contributed by atoms with Crippen molar-refractivity contribution in [3.8, 4) is 0 Å². The molecule has 0 saturated carbocycles. The SMILES string of the molecule is Nc1ccc(CCC2CCN(N)C2)cc1. The van der Waals surface area contributed by atoms with Gasteiger partial charge in [0.25, 0.3) is 0 Å². The normalized spacial score (nSPS) is 22.1. The maximum atomic E-state index is 5.73. The molecule has 0 bridgehead atoms. The first-order chi connectivity index (χ1) is 7.24. The van der Waals surface area contributed by atoms with Crippen molar-refractivity contribution in [3.63, 3.8) is 0 Å². The van der Waals surface area contributed by atoms with Gasteiger partial charge in [0.2, 0.25) is 0 Å². The molecule has 1 saturated heterocycles. The Balaban J connectivity index is 1.80. The number of benzene rings is 1. The summed E-state index contributed by atoms with van der Waals surface area (Å²) in [6, 6.07) is 8.17. The lowest BCUT2D eigenvalue weighted by Gasteiger charge is -2.09. The van der Waals surface area contributed by atoms with E-state index in [2.05, 4.69) is 12.1 Å². The highest BCUT2D eigenvalue weighted by atomic mass is 15.4. The molecule has 0 radical (unpaired) electrons. The van der Waals surface area contributed by atoms with Crippen LogP contribution in [0.1, 0.15) is 18.4 Å². The molecule has 15 heavy (non-hydrogen) atoms. The first kappa shape index (κ1) is 10.5. The number of nitrogens with two attached hydrogens (primary N) is 2. The zero-order chi connectivity index (χ0) is 10.7. The largest absolute Gasteiger partial charge is 0.399 e. The molecule has 1 aliphatic rings. The van der Waals surface area contributed by atoms with Crippen molar-refractivity contribution in [2.75, 3.05) is 18.8 Å². The Morgan fingerprint density at radius 2 is 2.00 bits per heavy atom. The van der Waals surface area contributed by atoms with Gasteiger partial charge in [-0.3, -0.25) is 5.84 Å². The fraction of sp³-hybridized carbons (Fsp3) is 0.500. The number of hydrogen-bond donors (Lipinski definition) is 2. The summed E-state index contributed by atoms with van der Waals surface area (Å²) in [6.45, 7) is 2.10. The average molecular weight is 205 g/mol. The number of hydrogen-bond acceptors (Lipinski definition) is 3. The smallest absolute Gasteiger partial charge is 0.0314 e. The van der Waals surface area contributed by atoms with Crippen molar-refractivity contribution < 1.29 is 0 Å². The van der Waals surface area contributed by atoms with E-state index in [1.807, 2.05) is 17.1 Å². The molecule has 1 heterocycles. The van der Waals surface area contributed by atoms with Crippen LogP contribution in [0.25, 0.3) is 0 Å². The molecule has 1 atom stereocenters. The highest BCUT2D eigenvalue weighted by Crippen LogP contribution is 2.19. The van der Waals surface area contributed by atoms with Crippen molar-refractivity contribution in [2.24, 2.45) is 11.8 Å². The summed E-state index contributed by atoms with van der Waals surface area (Å²) < 4.78 is 0. The lowest BCUT2D eigenvalue weighted by Crippen LogP contribution is -2.27. The fourth-order valence-corrected chi connectivity index (χ4v) is 2.15. The van der Waals surface area contributed by atoms with Gasteiger partial charge in [-0.2, -0.15) is 0 Å². The summed E-state index contributed by atoms with van der Waals surface area (Å²) in [5.74, 6) is 6.50. The van der Waals surface area contributed by atoms with Crippen LogP contribution in [0.4, 0.5) is 5.69 Å². The Morgan fingerprint density at radius 1 is 1.27 bits per heavy atom. The molecule has 1 aliphatic heterocycles. The highest BCUT2D eigenvalue weighted by Gasteiger charge is 2.19. The molecular weight excluding hydrogens is 186 g/mol. The van der Waals surface area contributed by atoms with Crippen molar-refractivity contribution in [1.29, 1.82) is 0 Å². The van der Waals surface area contributed by atoms with Crippen LogP contribution < -0.4 is 11.6 Å². The monoisotopic (exact) mass is 205 g/mol. The van der Waals surface area contributed by atoms with Gasteiger partial charge in [0.1, 0.15) is 0 Å². The number of hydrazine groups is 1. The van der Waals surface area contributed by atoms with E-state index >= 15 is 0 Å². The molecule has 0 aromatic heterocycles. The first-order valence-corrected chi connectivity index (χ1v) is 5.58. The van der Waals surface area contributed by atoms with Gasteiger partial charge in [-0.1, -0.05) is 12.1 Å². The van der Waals surface area contributed by atoms with Crippen molar-refractivity contribution in [1.82, 2.24) is 5.01 Å². The second kappa shape index (κ2) is 4.64. The number of nitrogen functional groups attached to an aromatic ring is 1. The third kappa shape index (κ3) is 2.94. The topological polar surface area (TPSA) is 55.3 Å². The predicted molar refractivity (Wildman–Crippen MR) is 63.0 cm³/mol. The lowest BCUT2D eigenvalue weighted by atomic mass is 9.99. The van der Waals surface area contributed by atoms with E-state index in [-0.39, 0.29) is 0 Å². The summed E-state index contributed by atoms with van der Waals surface area (Å²) >= 11 is 0. The molecular formula is C12H19N3. The van der Waals surface area contributed by atoms with Gasteiger partial charge in [-0.25, -0.2) is 5.01 Å². The molecule has 1 aromatic rings. The summed E-state index contributed by atoms with van der Waals surface area (Å²) in [5, 5.41) is 1.92. The Bertz CT molecular complexity index is 307. The molecule has 1 aromatic carbocycles. The minimum atomic E-state index is 0.771. The van der Waals surface area contributed by atoms with Crippen molar-refractivity contribution in [2.45, 2.75) is 19.3 Å². The van der Waals surface area contributed by atoms with Crippen LogP contribution in [0.2, 0.25) is 0 Å². The lowest BCUT2D eigenvalue weighted by molar-refractivity contribution is 0.334. The zero-order valence-corrected chi connectivity index (χ0v) is 9.02. The third-order valence-electron chi connectivity index (χ3n) is 3.14. The Labute approximate surface area is 91.0 Å². The van der Waals surface area contributed by atoms with Gasteiger partial charge in [-0.15, -0.1) is 0 Å². The van der Waals surface area contributed by atoms with Gasteiger partial charge in [0.05, 0.1) is 0 Å². The van der Waals surface area contributed by atoms with E-state index in [1.54, 1.807) is 0 Å². The van der Waals surface area contributed by atoms with Crippen molar-refractivity contribution in [3.05, 3.63) is 29.8 Å². The average Bonchev–Trinajstić information content (AvgIpc) is 2.64. The standard InChI is InChI=1S/C12H19N3/c13-12-5-3-10(4-6-12)1-2-11-7-8-15(14)9-11/h3-6,11H,1-2,7-9,13-14H2. The Kier molecular flexibility index (Phi) is 3.23. The Hall–Kier alpha value is -1.06. The van der Waals surface area contributed by atoms with Gasteiger partial charge < -0.3 is 5.73 Å². The number of nitrogens with zero attached hydrogens (tertiary/aromatic N) is 1. The molecule has 82 valence electrons. The van der Waals surface area contributed by atoms with E-state index in [9.17, 15) is 0 Å². The van der Waals surface area contributed by atoms with E-state index in [4.69, 9.17) is 11.6 Å². The maximum absolute atomic E-state index is 5.73. The van der Waals surface area contributed by atoms with Crippen LogP contribution in [-0.4, -0.2) is 18.1 Å². The Morgan fingerprint density at radius 3 is 2.60 bits per heavy atom. The van der Waals surface area contributed by atoms with Crippen LogP contribution >= 0.6 is 0 Å². The number of aryl methyl sites for hydroxylation is 1. The number of anilines is 1. The van der Waals surface area contributed by atoms with E-state index < -0.39 is 0 Å². The molecule has 0 amide bonds. The summed E-state index contributed by atoms with van der Waals surface area (Å²) in [6.07, 6.45) is 3.61. The second-order valence-corrected chi connectivity index (χ2v) is 4.43. The van der Waals surface area contributed by atoms with Crippen LogP contribution in [0.3, 0.4) is 0 Å². The quantitative estimate of drug-likeness (QED) is 0.579. The molecule has 3 nitrogen and oxygen atoms in total. The van der Waals surface area contributed by atoms with E-state index in [1.165, 1.54) is 18.4 Å². The third-order valence-corrected chi connectivity index (χ3v) is 3.14. The highest BCUT2D eigenvalue weighted by molar-refractivity contribution is 5.39. The van der Waals surface area contributed by atoms with Crippen molar-refractivity contribution >= 4 is 5.69 Å². The first-order valence-electron chi connectivity index (χ1n) is 5.58. The molecule has 4 N–H and O–H groups in total. The van der Waals surface area contributed by atoms with Crippen LogP contribution in [-0.2, 0) is 6.42 Å². The van der Waals surface area contributed by atoms with E-state index in [0.717, 1.165) is 31.1 Å². The molecule has 0 spiro atoms. The summed E-state index contributed by atoms with van der Waals surface area (Å²) in [4.78, 5) is 0. The minimum Gasteiger partial charge on any atom is -0.399 e. The molecule has 1 unspecified atom stereocenters. The van der Waals surface area contributed by atoms with Crippen LogP contribution in [0.5, 0.6) is 0 Å². The summed E-state index contributed by atoms with van der Waals surface area (Å²) in [5.41, 5.74) is 7.86. The molecule has 1 fully saturated rings.